The quantitative estimate of drug-likeness (QED) is 0.175. The SMILES string of the molecule is C=C(/C=C(\OC)C(C)(C)C)C(C)C(=O)Cc1ccc(-c2cnc3cc(CCCC4CCOCC4)c(C)cc3n2)cc1.[HH]. The Morgan fingerprint density at radius 3 is 2.54 bits per heavy atom. The van der Waals surface area contributed by atoms with Crippen LogP contribution in [0.5, 0.6) is 0 Å². The number of methoxy groups -OCH3 is 1. The van der Waals surface area contributed by atoms with E-state index in [4.69, 9.17) is 19.4 Å². The number of benzene rings is 2. The van der Waals surface area contributed by atoms with Gasteiger partial charge in [0.1, 0.15) is 11.5 Å². The van der Waals surface area contributed by atoms with Crippen molar-refractivity contribution in [3.8, 4) is 11.3 Å². The number of allylic oxidation sites excluding steroid dienone is 3. The minimum absolute atomic E-state index is 0. The van der Waals surface area contributed by atoms with Crippen LogP contribution in [0.2, 0.25) is 0 Å². The van der Waals surface area contributed by atoms with Crippen LogP contribution in [0.3, 0.4) is 0 Å². The number of ketones is 1. The van der Waals surface area contributed by atoms with E-state index in [-0.39, 0.29) is 18.5 Å². The number of aryl methyl sites for hydroxylation is 2. The maximum absolute atomic E-state index is 13.0. The van der Waals surface area contributed by atoms with E-state index in [1.165, 1.54) is 36.8 Å². The molecule has 0 amide bonds. The molecule has 0 spiro atoms. The lowest BCUT2D eigenvalue weighted by atomic mass is 9.88. The number of ether oxygens (including phenoxy) is 2. The topological polar surface area (TPSA) is 61.3 Å². The van der Waals surface area contributed by atoms with Gasteiger partial charge < -0.3 is 9.47 Å². The summed E-state index contributed by atoms with van der Waals surface area (Å²) in [6.45, 7) is 16.3. The van der Waals surface area contributed by atoms with Crippen molar-refractivity contribution in [3.05, 3.63) is 83.3 Å². The number of hydrogen-bond acceptors (Lipinski definition) is 5. The standard InChI is InChI=1S/C36H46N2O3.H2/c1-24(20-35(40-7)36(4,5)6)26(3)34(39)21-28-11-13-29(14-12-28)33-23-37-31-22-30(25(2)19-32(31)38-33)10-8-9-27-15-17-41-18-16-27;/h11-14,19-20,22-23,26-27H,1,8-10,15-18,21H2,2-7H3;1H/b35-20-;. The summed E-state index contributed by atoms with van der Waals surface area (Å²) in [5.74, 6) is 1.47. The maximum atomic E-state index is 13.0. The van der Waals surface area contributed by atoms with Crippen LogP contribution < -0.4 is 0 Å². The first-order chi connectivity index (χ1) is 19.5. The van der Waals surface area contributed by atoms with E-state index in [1.807, 2.05) is 43.5 Å². The number of rotatable bonds is 11. The highest BCUT2D eigenvalue weighted by Crippen LogP contribution is 2.29. The molecule has 0 saturated carbocycles. The molecule has 5 heteroatoms. The average Bonchev–Trinajstić information content (AvgIpc) is 2.95. The van der Waals surface area contributed by atoms with Gasteiger partial charge in [0.25, 0.3) is 0 Å². The summed E-state index contributed by atoms with van der Waals surface area (Å²) in [5, 5.41) is 0. The molecule has 5 nitrogen and oxygen atoms in total. The number of aromatic nitrogens is 2. The van der Waals surface area contributed by atoms with Crippen LogP contribution in [0.15, 0.2) is 66.6 Å². The largest absolute Gasteiger partial charge is 0.501 e. The molecule has 4 rings (SSSR count). The molecule has 1 aromatic heterocycles. The number of Topliss-reactive ketones (excluding diaryl/α,β-unsaturated/α-hetero) is 1. The Morgan fingerprint density at radius 1 is 1.17 bits per heavy atom. The Hall–Kier alpha value is -3.31. The summed E-state index contributed by atoms with van der Waals surface area (Å²) < 4.78 is 11.0. The van der Waals surface area contributed by atoms with Gasteiger partial charge in [-0.05, 0) is 85.4 Å². The van der Waals surface area contributed by atoms with Crippen molar-refractivity contribution in [2.24, 2.45) is 17.3 Å². The molecule has 2 aromatic carbocycles. The van der Waals surface area contributed by atoms with Gasteiger partial charge in [0.15, 0.2) is 0 Å². The van der Waals surface area contributed by atoms with Gasteiger partial charge in [-0.3, -0.25) is 9.78 Å². The number of nitrogens with zero attached hydrogens (tertiary/aromatic N) is 2. The van der Waals surface area contributed by atoms with Gasteiger partial charge in [0.2, 0.25) is 0 Å². The molecule has 2 heterocycles. The van der Waals surface area contributed by atoms with Gasteiger partial charge in [-0.25, -0.2) is 4.98 Å². The van der Waals surface area contributed by atoms with Gasteiger partial charge in [-0.2, -0.15) is 0 Å². The van der Waals surface area contributed by atoms with Crippen LogP contribution in [0, 0.1) is 24.2 Å². The molecular formula is C36H48N2O3. The van der Waals surface area contributed by atoms with Crippen molar-refractivity contribution in [2.45, 2.75) is 73.1 Å². The molecule has 1 fully saturated rings. The van der Waals surface area contributed by atoms with Crippen molar-refractivity contribution < 1.29 is 15.7 Å². The fraction of sp³-hybridized carbons (Fsp3) is 0.472. The first-order valence-electron chi connectivity index (χ1n) is 15.0. The lowest BCUT2D eigenvalue weighted by Crippen LogP contribution is -2.17. The third kappa shape index (κ3) is 8.13. The predicted molar refractivity (Wildman–Crippen MR) is 170 cm³/mol. The second kappa shape index (κ2) is 13.6. The summed E-state index contributed by atoms with van der Waals surface area (Å²) in [5.41, 5.74) is 7.91. The van der Waals surface area contributed by atoms with Gasteiger partial charge in [0, 0.05) is 38.0 Å². The van der Waals surface area contributed by atoms with Crippen LogP contribution in [-0.2, 0) is 27.1 Å². The van der Waals surface area contributed by atoms with E-state index in [0.717, 1.165) is 64.7 Å². The van der Waals surface area contributed by atoms with Crippen molar-refractivity contribution in [1.82, 2.24) is 9.97 Å². The van der Waals surface area contributed by atoms with Crippen LogP contribution in [0.4, 0.5) is 0 Å². The van der Waals surface area contributed by atoms with Gasteiger partial charge >= 0.3 is 0 Å². The third-order valence-corrected chi connectivity index (χ3v) is 8.34. The maximum Gasteiger partial charge on any atom is 0.144 e. The molecule has 220 valence electrons. The third-order valence-electron chi connectivity index (χ3n) is 8.34. The second-order valence-electron chi connectivity index (χ2n) is 12.6. The second-order valence-corrected chi connectivity index (χ2v) is 12.6. The van der Waals surface area contributed by atoms with Gasteiger partial charge in [-0.1, -0.05) is 58.5 Å². The monoisotopic (exact) mass is 556 g/mol. The number of fused-ring (bicyclic) bond motifs is 1. The Bertz CT molecular complexity index is 1400. The van der Waals surface area contributed by atoms with Crippen molar-refractivity contribution in [3.63, 3.8) is 0 Å². The van der Waals surface area contributed by atoms with Crippen molar-refractivity contribution >= 4 is 16.8 Å². The summed E-state index contributed by atoms with van der Waals surface area (Å²) in [4.78, 5) is 22.7. The minimum atomic E-state index is -0.288. The molecule has 0 N–H and O–H groups in total. The van der Waals surface area contributed by atoms with E-state index < -0.39 is 0 Å². The van der Waals surface area contributed by atoms with E-state index in [2.05, 4.69) is 46.4 Å². The highest BCUT2D eigenvalue weighted by molar-refractivity contribution is 5.86. The fourth-order valence-electron chi connectivity index (χ4n) is 5.46. The molecule has 0 aliphatic carbocycles. The molecule has 0 radical (unpaired) electrons. The zero-order valence-corrected chi connectivity index (χ0v) is 25.8. The minimum Gasteiger partial charge on any atom is -0.501 e. The molecule has 1 unspecified atom stereocenters. The zero-order chi connectivity index (χ0) is 29.6. The number of carbonyl (C=O) groups excluding carboxylic acids is 1. The Labute approximate surface area is 247 Å². The van der Waals surface area contributed by atoms with Gasteiger partial charge in [-0.15, -0.1) is 0 Å². The lowest BCUT2D eigenvalue weighted by Gasteiger charge is -2.22. The summed E-state index contributed by atoms with van der Waals surface area (Å²) in [7, 11) is 1.66. The van der Waals surface area contributed by atoms with E-state index >= 15 is 0 Å². The van der Waals surface area contributed by atoms with E-state index in [9.17, 15) is 4.79 Å². The molecule has 1 aliphatic heterocycles. The van der Waals surface area contributed by atoms with Crippen molar-refractivity contribution in [2.75, 3.05) is 20.3 Å². The van der Waals surface area contributed by atoms with E-state index in [1.54, 1.807) is 7.11 Å². The molecule has 0 bridgehead atoms. The summed E-state index contributed by atoms with van der Waals surface area (Å²) in [6, 6.07) is 12.4. The molecule has 41 heavy (non-hydrogen) atoms. The highest BCUT2D eigenvalue weighted by Gasteiger charge is 2.21. The smallest absolute Gasteiger partial charge is 0.144 e. The Kier molecular flexibility index (Phi) is 10.1. The van der Waals surface area contributed by atoms with Gasteiger partial charge in [0.05, 0.1) is 30.0 Å². The molecule has 1 aliphatic rings. The Morgan fingerprint density at radius 2 is 1.88 bits per heavy atom. The van der Waals surface area contributed by atoms with Crippen LogP contribution in [-0.4, -0.2) is 36.1 Å². The lowest BCUT2D eigenvalue weighted by molar-refractivity contribution is -0.120. The molecular weight excluding hydrogens is 508 g/mol. The predicted octanol–water partition coefficient (Wildman–Crippen LogP) is 8.48. The number of carbonyl (C=O) groups is 1. The summed E-state index contributed by atoms with van der Waals surface area (Å²) in [6.07, 6.45) is 10.0. The number of hydrogen-bond donors (Lipinski definition) is 0. The Balaban J connectivity index is 0.00000484. The van der Waals surface area contributed by atoms with Crippen LogP contribution >= 0.6 is 0 Å². The van der Waals surface area contributed by atoms with Crippen LogP contribution in [0.25, 0.3) is 22.3 Å². The highest BCUT2D eigenvalue weighted by atomic mass is 16.5. The zero-order valence-electron chi connectivity index (χ0n) is 25.8. The summed E-state index contributed by atoms with van der Waals surface area (Å²) >= 11 is 0. The van der Waals surface area contributed by atoms with Crippen LogP contribution in [0.1, 0.15) is 71.5 Å². The first-order valence-corrected chi connectivity index (χ1v) is 15.0. The van der Waals surface area contributed by atoms with E-state index in [0.29, 0.717) is 6.42 Å². The fourth-order valence-corrected chi connectivity index (χ4v) is 5.46. The normalized spacial score (nSPS) is 15.6. The molecule has 3 aromatic rings. The molecule has 1 atom stereocenters. The molecule has 1 saturated heterocycles. The first kappa shape index (κ1) is 30.6. The van der Waals surface area contributed by atoms with Crippen molar-refractivity contribution in [1.29, 1.82) is 0 Å². The average molecular weight is 557 g/mol.